The van der Waals surface area contributed by atoms with Crippen LogP contribution in [0.2, 0.25) is 0 Å². The van der Waals surface area contributed by atoms with Crippen LogP contribution in [0.4, 0.5) is 4.79 Å². The van der Waals surface area contributed by atoms with Crippen LogP contribution in [0.5, 0.6) is 0 Å². The Morgan fingerprint density at radius 1 is 0.828 bits per heavy atom. The van der Waals surface area contributed by atoms with Gasteiger partial charge in [-0.25, -0.2) is 4.79 Å². The molecule has 0 aliphatic carbocycles. The molecule has 0 radical (unpaired) electrons. The van der Waals surface area contributed by atoms with Gasteiger partial charge in [0.2, 0.25) is 0 Å². The summed E-state index contributed by atoms with van der Waals surface area (Å²) >= 11 is 0. The van der Waals surface area contributed by atoms with E-state index in [0.717, 1.165) is 22.3 Å². The van der Waals surface area contributed by atoms with E-state index >= 15 is 0 Å². The van der Waals surface area contributed by atoms with Crippen molar-refractivity contribution in [1.29, 1.82) is 0 Å². The van der Waals surface area contributed by atoms with Crippen molar-refractivity contribution in [2.24, 2.45) is 0 Å². The van der Waals surface area contributed by atoms with Crippen LogP contribution in [0.15, 0.2) is 78.9 Å². The van der Waals surface area contributed by atoms with E-state index in [1.807, 2.05) is 92.7 Å². The number of rotatable bonds is 7. The second-order valence-electron chi connectivity index (χ2n) is 7.16. The molecular weight excluding hydrogens is 362 g/mol. The molecule has 0 aromatic heterocycles. The van der Waals surface area contributed by atoms with Gasteiger partial charge >= 0.3 is 6.09 Å². The standard InChI is InChI=1S/C25H25NO3/c1-18-8-12-21(13-9-18)23(16-24(27)22-14-10-19(2)11-15-22)26-25(28)29-17-20-6-4-3-5-7-20/h3-15,23H,16-17H2,1-2H3,(H,26,28). The number of ether oxygens (including phenoxy) is 1. The molecule has 148 valence electrons. The molecule has 3 aromatic rings. The molecule has 0 spiro atoms. The molecule has 0 aliphatic rings. The van der Waals surface area contributed by atoms with E-state index in [4.69, 9.17) is 4.74 Å². The molecule has 0 aliphatic heterocycles. The van der Waals surface area contributed by atoms with Crippen molar-refractivity contribution in [3.8, 4) is 0 Å². The Kier molecular flexibility index (Phi) is 6.80. The van der Waals surface area contributed by atoms with Gasteiger partial charge in [-0.2, -0.15) is 0 Å². The fourth-order valence-electron chi connectivity index (χ4n) is 3.00. The first-order valence-electron chi connectivity index (χ1n) is 9.65. The molecule has 0 fully saturated rings. The first-order chi connectivity index (χ1) is 14.0. The van der Waals surface area contributed by atoms with Crippen molar-refractivity contribution in [3.05, 3.63) is 107 Å². The van der Waals surface area contributed by atoms with Gasteiger partial charge in [0, 0.05) is 12.0 Å². The normalized spacial score (nSPS) is 11.5. The molecule has 0 bridgehead atoms. The fourth-order valence-corrected chi connectivity index (χ4v) is 3.00. The predicted octanol–water partition coefficient (Wildman–Crippen LogP) is 5.54. The van der Waals surface area contributed by atoms with Crippen molar-refractivity contribution >= 4 is 11.9 Å². The van der Waals surface area contributed by atoms with Crippen LogP contribution in [0.1, 0.15) is 45.1 Å². The second kappa shape index (κ2) is 9.69. The summed E-state index contributed by atoms with van der Waals surface area (Å²) in [6, 6.07) is 24.3. The van der Waals surface area contributed by atoms with Gasteiger partial charge in [0.1, 0.15) is 6.61 Å². The van der Waals surface area contributed by atoms with Crippen molar-refractivity contribution in [2.45, 2.75) is 32.9 Å². The molecule has 3 aromatic carbocycles. The number of carbonyl (C=O) groups excluding carboxylic acids is 2. The Hall–Kier alpha value is -3.40. The number of carbonyl (C=O) groups is 2. The lowest BCUT2D eigenvalue weighted by atomic mass is 9.97. The highest BCUT2D eigenvalue weighted by atomic mass is 16.5. The molecule has 4 nitrogen and oxygen atoms in total. The number of amides is 1. The van der Waals surface area contributed by atoms with E-state index in [1.54, 1.807) is 0 Å². The molecule has 0 saturated carbocycles. The molecule has 29 heavy (non-hydrogen) atoms. The van der Waals surface area contributed by atoms with Crippen molar-refractivity contribution < 1.29 is 14.3 Å². The van der Waals surface area contributed by atoms with Crippen LogP contribution in [0.3, 0.4) is 0 Å². The number of alkyl carbamates (subject to hydrolysis) is 1. The third-order valence-electron chi connectivity index (χ3n) is 4.75. The Labute approximate surface area is 171 Å². The molecule has 1 amide bonds. The summed E-state index contributed by atoms with van der Waals surface area (Å²) in [6.45, 7) is 4.16. The van der Waals surface area contributed by atoms with Crippen molar-refractivity contribution in [2.75, 3.05) is 0 Å². The predicted molar refractivity (Wildman–Crippen MR) is 114 cm³/mol. The number of nitrogens with one attached hydrogen (secondary N) is 1. The molecule has 1 unspecified atom stereocenters. The number of Topliss-reactive ketones (excluding diaryl/α,β-unsaturated/α-hetero) is 1. The topological polar surface area (TPSA) is 55.4 Å². The minimum absolute atomic E-state index is 0.0288. The fraction of sp³-hybridized carbons (Fsp3) is 0.200. The number of hydrogen-bond donors (Lipinski definition) is 1. The smallest absolute Gasteiger partial charge is 0.407 e. The molecule has 4 heteroatoms. The Bertz CT molecular complexity index is 948. The van der Waals surface area contributed by atoms with Gasteiger partial charge < -0.3 is 10.1 Å². The van der Waals surface area contributed by atoms with Gasteiger partial charge in [-0.1, -0.05) is 90.0 Å². The summed E-state index contributed by atoms with van der Waals surface area (Å²) in [5.41, 5.74) is 4.62. The Morgan fingerprint density at radius 2 is 1.41 bits per heavy atom. The van der Waals surface area contributed by atoms with Gasteiger partial charge in [0.05, 0.1) is 6.04 Å². The molecule has 3 rings (SSSR count). The Morgan fingerprint density at radius 3 is 2.03 bits per heavy atom. The summed E-state index contributed by atoms with van der Waals surface area (Å²) in [5.74, 6) is -0.0288. The molecule has 1 N–H and O–H groups in total. The average Bonchev–Trinajstić information content (AvgIpc) is 2.73. The van der Waals surface area contributed by atoms with Gasteiger partial charge in [0.15, 0.2) is 5.78 Å². The van der Waals surface area contributed by atoms with Gasteiger partial charge in [0.25, 0.3) is 0 Å². The third kappa shape index (κ3) is 6.04. The number of ketones is 1. The highest BCUT2D eigenvalue weighted by Gasteiger charge is 2.20. The SMILES string of the molecule is Cc1ccc(C(=O)CC(NC(=O)OCc2ccccc2)c2ccc(C)cc2)cc1. The first kappa shape index (κ1) is 20.3. The minimum Gasteiger partial charge on any atom is -0.445 e. The van der Waals surface area contributed by atoms with Crippen LogP contribution < -0.4 is 5.32 Å². The van der Waals surface area contributed by atoms with E-state index < -0.39 is 12.1 Å². The maximum atomic E-state index is 12.8. The molecule has 0 saturated heterocycles. The third-order valence-corrected chi connectivity index (χ3v) is 4.75. The van der Waals surface area contributed by atoms with Crippen molar-refractivity contribution in [1.82, 2.24) is 5.32 Å². The summed E-state index contributed by atoms with van der Waals surface area (Å²) in [5, 5.41) is 2.85. The molecule has 0 heterocycles. The van der Waals surface area contributed by atoms with Gasteiger partial charge in [-0.05, 0) is 25.0 Å². The zero-order valence-corrected chi connectivity index (χ0v) is 16.7. The van der Waals surface area contributed by atoms with E-state index in [0.29, 0.717) is 5.56 Å². The minimum atomic E-state index is -0.545. The van der Waals surface area contributed by atoms with Crippen LogP contribution in [-0.2, 0) is 11.3 Å². The number of hydrogen-bond acceptors (Lipinski definition) is 3. The van der Waals surface area contributed by atoms with Crippen LogP contribution in [0, 0.1) is 13.8 Å². The highest BCUT2D eigenvalue weighted by Crippen LogP contribution is 2.21. The summed E-state index contributed by atoms with van der Waals surface area (Å²) in [7, 11) is 0. The zero-order valence-electron chi connectivity index (χ0n) is 16.7. The summed E-state index contributed by atoms with van der Waals surface area (Å²) in [6.07, 6.45) is -0.386. The Balaban J connectivity index is 1.70. The van der Waals surface area contributed by atoms with Crippen LogP contribution >= 0.6 is 0 Å². The second-order valence-corrected chi connectivity index (χ2v) is 7.16. The maximum absolute atomic E-state index is 12.8. The first-order valence-corrected chi connectivity index (χ1v) is 9.65. The monoisotopic (exact) mass is 387 g/mol. The average molecular weight is 387 g/mol. The number of benzene rings is 3. The van der Waals surface area contributed by atoms with Crippen LogP contribution in [0.25, 0.3) is 0 Å². The molecular formula is C25H25NO3. The largest absolute Gasteiger partial charge is 0.445 e. The van der Waals surface area contributed by atoms with E-state index in [1.165, 1.54) is 0 Å². The number of aryl methyl sites for hydroxylation is 2. The lowest BCUT2D eigenvalue weighted by Gasteiger charge is -2.19. The quantitative estimate of drug-likeness (QED) is 0.541. The van der Waals surface area contributed by atoms with E-state index in [-0.39, 0.29) is 18.8 Å². The molecule has 1 atom stereocenters. The summed E-state index contributed by atoms with van der Waals surface area (Å²) in [4.78, 5) is 25.2. The van der Waals surface area contributed by atoms with Crippen molar-refractivity contribution in [3.63, 3.8) is 0 Å². The zero-order chi connectivity index (χ0) is 20.6. The lowest BCUT2D eigenvalue weighted by molar-refractivity contribution is 0.0963. The maximum Gasteiger partial charge on any atom is 0.407 e. The lowest BCUT2D eigenvalue weighted by Crippen LogP contribution is -2.30. The van der Waals surface area contributed by atoms with Gasteiger partial charge in [-0.15, -0.1) is 0 Å². The van der Waals surface area contributed by atoms with Gasteiger partial charge in [-0.3, -0.25) is 4.79 Å². The highest BCUT2D eigenvalue weighted by molar-refractivity contribution is 5.96. The van der Waals surface area contributed by atoms with E-state index in [9.17, 15) is 9.59 Å². The van der Waals surface area contributed by atoms with E-state index in [2.05, 4.69) is 5.32 Å². The summed E-state index contributed by atoms with van der Waals surface area (Å²) < 4.78 is 5.35. The van der Waals surface area contributed by atoms with Crippen LogP contribution in [-0.4, -0.2) is 11.9 Å².